The molecule has 1 fully saturated rings. The quantitative estimate of drug-likeness (QED) is 0.698. The number of amidine groups is 1. The van der Waals surface area contributed by atoms with Crippen LogP contribution >= 0.6 is 35.0 Å². The molecule has 2 atom stereocenters. The number of benzene rings is 2. The molecule has 9 heteroatoms. The van der Waals surface area contributed by atoms with E-state index in [4.69, 9.17) is 28.2 Å². The molecule has 0 saturated carbocycles. The number of hydrogen-bond acceptors (Lipinski definition) is 5. The van der Waals surface area contributed by atoms with Crippen molar-refractivity contribution in [2.24, 2.45) is 4.99 Å². The summed E-state index contributed by atoms with van der Waals surface area (Å²) in [5, 5.41) is 4.88. The second kappa shape index (κ2) is 8.46. The van der Waals surface area contributed by atoms with Gasteiger partial charge in [0, 0.05) is 28.8 Å². The van der Waals surface area contributed by atoms with Crippen LogP contribution in [0.1, 0.15) is 30.1 Å². The molecule has 5 rings (SSSR count). The van der Waals surface area contributed by atoms with E-state index in [1.807, 2.05) is 55.5 Å². The molecule has 0 unspecified atom stereocenters. The lowest BCUT2D eigenvalue weighted by Crippen LogP contribution is -2.50. The minimum atomic E-state index is -0.150. The van der Waals surface area contributed by atoms with Crippen LogP contribution in [0, 0.1) is 0 Å². The minimum Gasteiger partial charge on any atom is -0.353 e. The van der Waals surface area contributed by atoms with Gasteiger partial charge in [-0.1, -0.05) is 47.5 Å². The third-order valence-corrected chi connectivity index (χ3v) is 7.52. The Morgan fingerprint density at radius 2 is 1.69 bits per heavy atom. The molecule has 6 nitrogen and oxygen atoms in total. The van der Waals surface area contributed by atoms with Gasteiger partial charge in [-0.15, -0.1) is 0 Å². The first-order valence-electron chi connectivity index (χ1n) is 10.2. The fourth-order valence-electron chi connectivity index (χ4n) is 4.28. The van der Waals surface area contributed by atoms with Gasteiger partial charge in [-0.25, -0.2) is 0 Å². The van der Waals surface area contributed by atoms with Gasteiger partial charge in [-0.2, -0.15) is 0 Å². The normalized spacial score (nSPS) is 22.7. The summed E-state index contributed by atoms with van der Waals surface area (Å²) in [6.07, 6.45) is 0. The molecule has 2 aromatic carbocycles. The van der Waals surface area contributed by atoms with Gasteiger partial charge in [-0.05, 0) is 54.1 Å². The van der Waals surface area contributed by atoms with Gasteiger partial charge >= 0.3 is 0 Å². The second-order valence-corrected chi connectivity index (χ2v) is 9.72. The Morgan fingerprint density at radius 3 is 2.31 bits per heavy atom. The number of carbonyl (C=O) groups is 2. The van der Waals surface area contributed by atoms with Gasteiger partial charge in [0.05, 0.1) is 17.5 Å². The monoisotopic (exact) mass is 486 g/mol. The molecule has 2 aromatic rings. The fraction of sp³-hybridized carbons (Fsp3) is 0.261. The van der Waals surface area contributed by atoms with Gasteiger partial charge in [0.25, 0.3) is 5.91 Å². The van der Waals surface area contributed by atoms with Crippen molar-refractivity contribution >= 4 is 51.9 Å². The van der Waals surface area contributed by atoms with Crippen molar-refractivity contribution in [3.8, 4) is 0 Å². The van der Waals surface area contributed by atoms with Crippen molar-refractivity contribution in [2.75, 3.05) is 19.6 Å². The highest BCUT2D eigenvalue weighted by molar-refractivity contribution is 8.18. The molecule has 0 spiro atoms. The number of piperazine rings is 1. The number of nitrogens with zero attached hydrogens (tertiary/aromatic N) is 3. The number of rotatable bonds is 3. The van der Waals surface area contributed by atoms with E-state index in [9.17, 15) is 9.59 Å². The number of thioether (sulfide) groups is 1. The summed E-state index contributed by atoms with van der Waals surface area (Å²) < 4.78 is 0. The first-order chi connectivity index (χ1) is 15.4. The van der Waals surface area contributed by atoms with Gasteiger partial charge < -0.3 is 15.1 Å². The van der Waals surface area contributed by atoms with Crippen molar-refractivity contribution in [1.82, 2.24) is 15.1 Å². The molecular weight excluding hydrogens is 467 g/mol. The Morgan fingerprint density at radius 1 is 1.06 bits per heavy atom. The van der Waals surface area contributed by atoms with Gasteiger partial charge in [0.2, 0.25) is 5.91 Å². The third-order valence-electron chi connectivity index (χ3n) is 5.86. The number of hydrogen-bond donors (Lipinski definition) is 1. The van der Waals surface area contributed by atoms with Crippen LogP contribution in [0.15, 0.2) is 64.1 Å². The largest absolute Gasteiger partial charge is 0.353 e. The summed E-state index contributed by atoms with van der Waals surface area (Å²) in [4.78, 5) is 34.4. The van der Waals surface area contributed by atoms with Crippen LogP contribution in [0.2, 0.25) is 10.0 Å². The zero-order valence-corrected chi connectivity index (χ0v) is 19.5. The van der Waals surface area contributed by atoms with Crippen LogP contribution in [0.4, 0.5) is 0 Å². The Kier molecular flexibility index (Phi) is 5.65. The lowest BCUT2D eigenvalue weighted by atomic mass is 9.93. The highest BCUT2D eigenvalue weighted by atomic mass is 35.5. The van der Waals surface area contributed by atoms with Gasteiger partial charge in [0.15, 0.2) is 5.17 Å². The van der Waals surface area contributed by atoms with E-state index in [1.165, 1.54) is 11.8 Å². The highest BCUT2D eigenvalue weighted by Gasteiger charge is 2.45. The molecule has 2 amide bonds. The van der Waals surface area contributed by atoms with E-state index in [-0.39, 0.29) is 30.4 Å². The number of halogens is 2. The standard InChI is InChI=1S/C23H20Cl2N4O2S/c1-13-21(22(31)28-11-10-26-18(30)12-28)32-23-27-19(14-2-6-16(24)7-3-14)20(29(13)23)15-4-8-17(25)9-5-15/h2-9,19-20H,10-12H2,1H3,(H,26,30)/t19-,20+/m0/s1. The first kappa shape index (κ1) is 21.4. The lowest BCUT2D eigenvalue weighted by molar-refractivity contribution is -0.135. The molecule has 1 N–H and O–H groups in total. The van der Waals surface area contributed by atoms with Crippen molar-refractivity contribution in [3.05, 3.63) is 80.3 Å². The predicted molar refractivity (Wildman–Crippen MR) is 128 cm³/mol. The van der Waals surface area contributed by atoms with Crippen LogP contribution in [0.5, 0.6) is 0 Å². The maximum absolute atomic E-state index is 13.2. The van der Waals surface area contributed by atoms with E-state index >= 15 is 0 Å². The Labute approximate surface area is 200 Å². The smallest absolute Gasteiger partial charge is 0.263 e. The number of nitrogens with one attached hydrogen (secondary N) is 1. The van der Waals surface area contributed by atoms with Crippen LogP contribution in [-0.2, 0) is 9.59 Å². The predicted octanol–water partition coefficient (Wildman–Crippen LogP) is 4.38. The number of allylic oxidation sites excluding steroid dienone is 1. The molecule has 164 valence electrons. The van der Waals surface area contributed by atoms with Gasteiger partial charge in [-0.3, -0.25) is 14.6 Å². The summed E-state index contributed by atoms with van der Waals surface area (Å²) >= 11 is 13.6. The van der Waals surface area contributed by atoms with Crippen molar-refractivity contribution in [3.63, 3.8) is 0 Å². The maximum atomic E-state index is 13.2. The van der Waals surface area contributed by atoms with E-state index in [2.05, 4.69) is 10.2 Å². The number of aliphatic imine (C=N–C) groups is 1. The molecule has 0 radical (unpaired) electrons. The Balaban J connectivity index is 1.52. The van der Waals surface area contributed by atoms with E-state index in [0.29, 0.717) is 28.0 Å². The number of fused-ring (bicyclic) bond motifs is 1. The van der Waals surface area contributed by atoms with Crippen LogP contribution < -0.4 is 5.32 Å². The van der Waals surface area contributed by atoms with Crippen molar-refractivity contribution < 1.29 is 9.59 Å². The van der Waals surface area contributed by atoms with Crippen LogP contribution in [0.25, 0.3) is 0 Å². The van der Waals surface area contributed by atoms with Crippen molar-refractivity contribution in [2.45, 2.75) is 19.0 Å². The molecule has 3 heterocycles. The van der Waals surface area contributed by atoms with E-state index < -0.39 is 0 Å². The zero-order valence-electron chi connectivity index (χ0n) is 17.2. The average Bonchev–Trinajstić information content (AvgIpc) is 3.31. The van der Waals surface area contributed by atoms with E-state index in [1.54, 1.807) is 4.90 Å². The SMILES string of the molecule is CC1=C(C(=O)N2CCNC(=O)C2)SC2=N[C@@H](c3ccc(Cl)cc3)[C@@H](c3ccc(Cl)cc3)N21. The molecule has 0 aromatic heterocycles. The lowest BCUT2D eigenvalue weighted by Gasteiger charge is -2.29. The summed E-state index contributed by atoms with van der Waals surface area (Å²) in [5.41, 5.74) is 2.95. The average molecular weight is 487 g/mol. The minimum absolute atomic E-state index is 0.0800. The summed E-state index contributed by atoms with van der Waals surface area (Å²) in [6, 6.07) is 15.2. The third kappa shape index (κ3) is 3.78. The maximum Gasteiger partial charge on any atom is 0.263 e. The second-order valence-electron chi connectivity index (χ2n) is 7.87. The Hall–Kier alpha value is -2.48. The van der Waals surface area contributed by atoms with Gasteiger partial charge in [0.1, 0.15) is 6.04 Å². The molecule has 3 aliphatic rings. The first-order valence-corrected chi connectivity index (χ1v) is 11.8. The molecule has 32 heavy (non-hydrogen) atoms. The van der Waals surface area contributed by atoms with Crippen LogP contribution in [0.3, 0.4) is 0 Å². The topological polar surface area (TPSA) is 65.0 Å². The fourth-order valence-corrected chi connectivity index (χ4v) is 5.69. The summed E-state index contributed by atoms with van der Waals surface area (Å²) in [7, 11) is 0. The summed E-state index contributed by atoms with van der Waals surface area (Å²) in [5.74, 6) is -0.261. The zero-order chi connectivity index (χ0) is 22.4. The highest BCUT2D eigenvalue weighted by Crippen LogP contribution is 2.51. The molecule has 3 aliphatic heterocycles. The van der Waals surface area contributed by atoms with Crippen LogP contribution in [-0.4, -0.2) is 46.4 Å². The number of amides is 2. The molecule has 0 aliphatic carbocycles. The molecule has 0 bridgehead atoms. The van der Waals surface area contributed by atoms with Crippen molar-refractivity contribution in [1.29, 1.82) is 0 Å². The molecular formula is C23H20Cl2N4O2S. The number of carbonyl (C=O) groups excluding carboxylic acids is 2. The van der Waals surface area contributed by atoms with E-state index in [0.717, 1.165) is 22.0 Å². The molecule has 1 saturated heterocycles. The Bertz CT molecular complexity index is 1150. The summed E-state index contributed by atoms with van der Waals surface area (Å²) in [6.45, 7) is 3.00.